The predicted octanol–water partition coefficient (Wildman–Crippen LogP) is 0.291. The minimum atomic E-state index is -1.02. The number of hydrogen-bond acceptors (Lipinski definition) is 6. The number of nitrogens with two attached hydrogens (primary N) is 1. The molecule has 0 spiro atoms. The average Bonchev–Trinajstić information content (AvgIpc) is 2.88. The second kappa shape index (κ2) is 6.33. The monoisotopic (exact) mass is 317 g/mol. The van der Waals surface area contributed by atoms with Gasteiger partial charge in [-0.1, -0.05) is 13.3 Å². The maximum absolute atomic E-state index is 6.45. The Labute approximate surface area is 137 Å². The van der Waals surface area contributed by atoms with Crippen LogP contribution in [-0.4, -0.2) is 35.1 Å². The molecule has 1 aromatic heterocycles. The van der Waals surface area contributed by atoms with E-state index in [1.807, 2.05) is 30.8 Å². The van der Waals surface area contributed by atoms with Gasteiger partial charge in [-0.05, 0) is 44.5 Å². The van der Waals surface area contributed by atoms with Gasteiger partial charge in [-0.3, -0.25) is 10.4 Å². The third-order valence-corrected chi connectivity index (χ3v) is 4.82. The summed E-state index contributed by atoms with van der Waals surface area (Å²) in [5.74, 6) is 0.517. The molecule has 2 aliphatic heterocycles. The second-order valence-electron chi connectivity index (χ2n) is 6.46. The fraction of sp³-hybridized carbons (Fsp3) is 0.625. The molecule has 3 rings (SSSR count). The lowest BCUT2D eigenvalue weighted by Crippen LogP contribution is -2.56. The van der Waals surface area contributed by atoms with E-state index >= 15 is 0 Å². The number of piperidine rings is 1. The van der Waals surface area contributed by atoms with Crippen molar-refractivity contribution in [3.8, 4) is 0 Å². The number of hydrogen-bond donors (Lipinski definition) is 4. The Morgan fingerprint density at radius 1 is 1.52 bits per heavy atom. The van der Waals surface area contributed by atoms with E-state index < -0.39 is 5.79 Å². The molecule has 126 valence electrons. The Bertz CT molecular complexity index is 598. The number of allylic oxidation sites excluding steroid dienone is 1. The lowest BCUT2D eigenvalue weighted by atomic mass is 9.91. The molecule has 0 amide bonds. The van der Waals surface area contributed by atoms with E-state index in [1.54, 1.807) is 6.21 Å². The molecule has 0 aromatic carbocycles. The number of aliphatic imine (C=N–C) groups is 1. The number of nitrogens with zero attached hydrogens (tertiary/aromatic N) is 3. The van der Waals surface area contributed by atoms with Crippen molar-refractivity contribution in [1.82, 2.24) is 25.7 Å². The topological polar surface area (TPSA) is 92.3 Å². The molecule has 0 saturated carbocycles. The van der Waals surface area contributed by atoms with Gasteiger partial charge in [0.1, 0.15) is 11.5 Å². The van der Waals surface area contributed by atoms with Crippen LogP contribution in [0.25, 0.3) is 0 Å². The Balaban J connectivity index is 1.73. The summed E-state index contributed by atoms with van der Waals surface area (Å²) in [6, 6.07) is 2.41. The summed E-state index contributed by atoms with van der Waals surface area (Å²) in [5, 5.41) is 14.9. The standard InChI is InChI=1S/C16H27N7/c1-4-12-10-18-7-5-13(12)20-15-6-8-19-16(17,21-15)14-9-11(2)23(3)22-14/h6,8-9,12-13,18,20-21H,4-5,7,10,17H2,1-3H3. The molecule has 3 heterocycles. The highest BCUT2D eigenvalue weighted by atomic mass is 15.4. The molecular formula is C16H27N7. The van der Waals surface area contributed by atoms with E-state index in [9.17, 15) is 0 Å². The van der Waals surface area contributed by atoms with E-state index in [0.717, 1.165) is 43.1 Å². The molecule has 7 nitrogen and oxygen atoms in total. The van der Waals surface area contributed by atoms with Gasteiger partial charge in [0.25, 0.3) is 0 Å². The van der Waals surface area contributed by atoms with Crippen molar-refractivity contribution in [2.24, 2.45) is 23.7 Å². The van der Waals surface area contributed by atoms with E-state index in [2.05, 4.69) is 33.0 Å². The summed E-state index contributed by atoms with van der Waals surface area (Å²) >= 11 is 0. The Hall–Kier alpha value is -1.86. The summed E-state index contributed by atoms with van der Waals surface area (Å²) in [4.78, 5) is 4.41. The molecule has 2 aliphatic rings. The van der Waals surface area contributed by atoms with E-state index in [1.165, 1.54) is 0 Å². The molecule has 5 N–H and O–H groups in total. The van der Waals surface area contributed by atoms with Crippen LogP contribution < -0.4 is 21.7 Å². The molecule has 0 bridgehead atoms. The van der Waals surface area contributed by atoms with Crippen LogP contribution >= 0.6 is 0 Å². The van der Waals surface area contributed by atoms with Crippen LogP contribution in [0.2, 0.25) is 0 Å². The van der Waals surface area contributed by atoms with Crippen LogP contribution in [0, 0.1) is 12.8 Å². The van der Waals surface area contributed by atoms with Crippen molar-refractivity contribution in [3.63, 3.8) is 0 Å². The zero-order valence-electron chi connectivity index (χ0n) is 14.1. The zero-order valence-corrected chi connectivity index (χ0v) is 14.1. The Kier molecular flexibility index (Phi) is 4.41. The van der Waals surface area contributed by atoms with Gasteiger partial charge < -0.3 is 16.0 Å². The smallest absolute Gasteiger partial charge is 0.229 e. The number of nitrogens with one attached hydrogen (secondary N) is 3. The lowest BCUT2D eigenvalue weighted by molar-refractivity contribution is 0.269. The zero-order chi connectivity index (χ0) is 16.4. The van der Waals surface area contributed by atoms with Gasteiger partial charge in [-0.2, -0.15) is 5.10 Å². The van der Waals surface area contributed by atoms with Crippen molar-refractivity contribution >= 4 is 6.21 Å². The van der Waals surface area contributed by atoms with Crippen molar-refractivity contribution < 1.29 is 0 Å². The Morgan fingerprint density at radius 2 is 2.35 bits per heavy atom. The molecule has 0 aliphatic carbocycles. The lowest BCUT2D eigenvalue weighted by Gasteiger charge is -2.36. The first kappa shape index (κ1) is 16.0. The number of aryl methyl sites for hydroxylation is 2. The SMILES string of the molecule is CCC1CNCCC1NC1=CC=NC(N)(c2cc(C)n(C)n2)N1. The van der Waals surface area contributed by atoms with Crippen LogP contribution in [-0.2, 0) is 12.8 Å². The molecule has 23 heavy (non-hydrogen) atoms. The van der Waals surface area contributed by atoms with Crippen molar-refractivity contribution in [2.75, 3.05) is 13.1 Å². The fourth-order valence-corrected chi connectivity index (χ4v) is 3.21. The van der Waals surface area contributed by atoms with E-state index in [-0.39, 0.29) is 0 Å². The summed E-state index contributed by atoms with van der Waals surface area (Å²) in [5.41, 5.74) is 8.22. The number of rotatable bonds is 4. The predicted molar refractivity (Wildman–Crippen MR) is 91.7 cm³/mol. The highest BCUT2D eigenvalue weighted by Crippen LogP contribution is 2.21. The molecule has 1 saturated heterocycles. The molecule has 3 atom stereocenters. The Morgan fingerprint density at radius 3 is 3.04 bits per heavy atom. The second-order valence-corrected chi connectivity index (χ2v) is 6.46. The summed E-state index contributed by atoms with van der Waals surface area (Å²) < 4.78 is 1.81. The summed E-state index contributed by atoms with van der Waals surface area (Å²) in [6.45, 7) is 6.34. The molecule has 1 aromatic rings. The third-order valence-electron chi connectivity index (χ3n) is 4.82. The van der Waals surface area contributed by atoms with E-state index in [0.29, 0.717) is 12.0 Å². The maximum atomic E-state index is 6.45. The van der Waals surface area contributed by atoms with Gasteiger partial charge in [0, 0.05) is 25.0 Å². The van der Waals surface area contributed by atoms with E-state index in [4.69, 9.17) is 5.73 Å². The highest BCUT2D eigenvalue weighted by Gasteiger charge is 2.33. The maximum Gasteiger partial charge on any atom is 0.229 e. The normalized spacial score (nSPS) is 30.7. The van der Waals surface area contributed by atoms with Crippen molar-refractivity contribution in [1.29, 1.82) is 0 Å². The van der Waals surface area contributed by atoms with Crippen LogP contribution in [0.4, 0.5) is 0 Å². The average molecular weight is 317 g/mol. The van der Waals surface area contributed by atoms with Crippen LogP contribution in [0.15, 0.2) is 23.0 Å². The molecule has 0 radical (unpaired) electrons. The highest BCUT2D eigenvalue weighted by molar-refractivity contribution is 5.73. The molecular weight excluding hydrogens is 290 g/mol. The first-order chi connectivity index (χ1) is 11.0. The minimum absolute atomic E-state index is 0.446. The molecule has 1 fully saturated rings. The third kappa shape index (κ3) is 3.25. The summed E-state index contributed by atoms with van der Waals surface area (Å²) in [7, 11) is 1.91. The van der Waals surface area contributed by atoms with Crippen LogP contribution in [0.5, 0.6) is 0 Å². The van der Waals surface area contributed by atoms with Crippen molar-refractivity contribution in [3.05, 3.63) is 29.4 Å². The minimum Gasteiger partial charge on any atom is -0.369 e. The first-order valence-electron chi connectivity index (χ1n) is 8.33. The molecule has 3 unspecified atom stereocenters. The van der Waals surface area contributed by atoms with Gasteiger partial charge in [0.05, 0.1) is 0 Å². The van der Waals surface area contributed by atoms with Gasteiger partial charge in [0.2, 0.25) is 5.79 Å². The number of aromatic nitrogens is 2. The summed E-state index contributed by atoms with van der Waals surface area (Å²) in [6.07, 6.45) is 5.95. The van der Waals surface area contributed by atoms with Gasteiger partial charge in [-0.15, -0.1) is 0 Å². The van der Waals surface area contributed by atoms with Gasteiger partial charge in [-0.25, -0.2) is 4.99 Å². The van der Waals surface area contributed by atoms with Gasteiger partial charge >= 0.3 is 0 Å². The fourth-order valence-electron chi connectivity index (χ4n) is 3.21. The first-order valence-corrected chi connectivity index (χ1v) is 8.33. The quantitative estimate of drug-likeness (QED) is 0.641. The van der Waals surface area contributed by atoms with Crippen molar-refractivity contribution in [2.45, 2.75) is 38.5 Å². The molecule has 7 heteroatoms. The van der Waals surface area contributed by atoms with Crippen LogP contribution in [0.1, 0.15) is 31.2 Å². The van der Waals surface area contributed by atoms with Crippen LogP contribution in [0.3, 0.4) is 0 Å². The largest absolute Gasteiger partial charge is 0.369 e. The van der Waals surface area contributed by atoms with Gasteiger partial charge in [0.15, 0.2) is 0 Å².